The number of allylic oxidation sites excluding steroid dienone is 4. The molecule has 0 N–H and O–H groups in total. The second-order valence-electron chi connectivity index (χ2n) is 7.43. The van der Waals surface area contributed by atoms with E-state index in [2.05, 4.69) is 64.1 Å². The maximum atomic E-state index is 5.59. The maximum Gasteiger partial charge on any atom is 0.122 e. The lowest BCUT2D eigenvalue weighted by Gasteiger charge is -2.42. The first-order valence-corrected chi connectivity index (χ1v) is 8.92. The second-order valence-corrected chi connectivity index (χ2v) is 7.43. The van der Waals surface area contributed by atoms with Crippen molar-refractivity contribution in [1.29, 1.82) is 0 Å². The highest BCUT2D eigenvalue weighted by atomic mass is 16.5. The summed E-state index contributed by atoms with van der Waals surface area (Å²) in [6, 6.07) is 8.49. The molecule has 1 nitrogen and oxygen atoms in total. The first-order chi connectivity index (χ1) is 11.0. The monoisotopic (exact) mass is 312 g/mol. The minimum atomic E-state index is 0.238. The van der Waals surface area contributed by atoms with Gasteiger partial charge in [-0.05, 0) is 68.9 Å². The van der Waals surface area contributed by atoms with Crippen LogP contribution >= 0.6 is 0 Å². The Morgan fingerprint density at radius 3 is 2.74 bits per heavy atom. The molecule has 0 amide bonds. The summed E-state index contributed by atoms with van der Waals surface area (Å²) in [5.41, 5.74) is 4.63. The lowest BCUT2D eigenvalue weighted by molar-refractivity contribution is 0.217. The van der Waals surface area contributed by atoms with Crippen LogP contribution in [0.5, 0.6) is 5.75 Å². The van der Waals surface area contributed by atoms with Gasteiger partial charge < -0.3 is 4.74 Å². The predicted octanol–water partition coefficient (Wildman–Crippen LogP) is 6.35. The van der Waals surface area contributed by atoms with Crippen molar-refractivity contribution in [1.82, 2.24) is 0 Å². The molecule has 2 atom stereocenters. The molecule has 0 spiro atoms. The SMILES string of the molecule is COc1ccccc1C[C@@]1(C)C(CCC=C(C)C)=CCC[C@@H]1C. The molecule has 1 aromatic carbocycles. The fourth-order valence-corrected chi connectivity index (χ4v) is 3.81. The van der Waals surface area contributed by atoms with E-state index in [-0.39, 0.29) is 5.41 Å². The van der Waals surface area contributed by atoms with Gasteiger partial charge in [-0.15, -0.1) is 0 Å². The van der Waals surface area contributed by atoms with Crippen molar-refractivity contribution in [3.05, 3.63) is 53.1 Å². The van der Waals surface area contributed by atoms with Crippen LogP contribution in [0.1, 0.15) is 58.9 Å². The zero-order valence-electron chi connectivity index (χ0n) is 15.5. The summed E-state index contributed by atoms with van der Waals surface area (Å²) in [4.78, 5) is 0. The van der Waals surface area contributed by atoms with E-state index >= 15 is 0 Å². The standard InChI is InChI=1S/C22H32O/c1-17(2)10-8-13-20-14-9-11-18(3)22(20,4)16-19-12-6-7-15-21(19)23-5/h6-7,10,12,14-15,18H,8-9,11,13,16H2,1-5H3/t18-,22+/m0/s1. The molecule has 0 unspecified atom stereocenters. The zero-order valence-corrected chi connectivity index (χ0v) is 15.5. The van der Waals surface area contributed by atoms with E-state index in [0.29, 0.717) is 5.92 Å². The zero-order chi connectivity index (χ0) is 16.9. The number of hydrogen-bond donors (Lipinski definition) is 0. The van der Waals surface area contributed by atoms with Gasteiger partial charge in [0.25, 0.3) is 0 Å². The maximum absolute atomic E-state index is 5.59. The van der Waals surface area contributed by atoms with Gasteiger partial charge in [0.15, 0.2) is 0 Å². The highest BCUT2D eigenvalue weighted by molar-refractivity contribution is 5.36. The Kier molecular flexibility index (Phi) is 6.10. The molecule has 2 rings (SSSR count). The van der Waals surface area contributed by atoms with Crippen LogP contribution in [0.2, 0.25) is 0 Å². The number of para-hydroxylation sites is 1. The fourth-order valence-electron chi connectivity index (χ4n) is 3.81. The van der Waals surface area contributed by atoms with Crippen molar-refractivity contribution in [3.8, 4) is 5.75 Å². The summed E-state index contributed by atoms with van der Waals surface area (Å²) in [5.74, 6) is 1.73. The Hall–Kier alpha value is -1.50. The molecule has 1 aromatic rings. The molecule has 1 aliphatic carbocycles. The van der Waals surface area contributed by atoms with Crippen molar-refractivity contribution < 1.29 is 4.74 Å². The smallest absolute Gasteiger partial charge is 0.122 e. The molecule has 0 fully saturated rings. The van der Waals surface area contributed by atoms with Gasteiger partial charge in [0.2, 0.25) is 0 Å². The van der Waals surface area contributed by atoms with Gasteiger partial charge in [0, 0.05) is 0 Å². The predicted molar refractivity (Wildman–Crippen MR) is 100.0 cm³/mol. The van der Waals surface area contributed by atoms with Crippen LogP contribution in [0.3, 0.4) is 0 Å². The molecule has 0 bridgehead atoms. The summed E-state index contributed by atoms with van der Waals surface area (Å²) in [7, 11) is 1.77. The largest absolute Gasteiger partial charge is 0.496 e. The van der Waals surface area contributed by atoms with E-state index < -0.39 is 0 Å². The van der Waals surface area contributed by atoms with Gasteiger partial charge in [-0.2, -0.15) is 0 Å². The Balaban J connectivity index is 2.24. The van der Waals surface area contributed by atoms with E-state index in [0.717, 1.165) is 18.6 Å². The third kappa shape index (κ3) is 4.28. The van der Waals surface area contributed by atoms with Crippen molar-refractivity contribution in [2.45, 2.75) is 59.8 Å². The minimum absolute atomic E-state index is 0.238. The highest BCUT2D eigenvalue weighted by Crippen LogP contribution is 2.47. The van der Waals surface area contributed by atoms with Crippen molar-refractivity contribution >= 4 is 0 Å². The van der Waals surface area contributed by atoms with Gasteiger partial charge in [-0.25, -0.2) is 0 Å². The molecule has 1 heteroatoms. The molecule has 0 saturated carbocycles. The molecule has 0 radical (unpaired) electrons. The summed E-state index contributed by atoms with van der Waals surface area (Å²) in [5, 5.41) is 0. The lowest BCUT2D eigenvalue weighted by atomic mass is 9.63. The Morgan fingerprint density at radius 2 is 2.04 bits per heavy atom. The molecule has 0 heterocycles. The van der Waals surface area contributed by atoms with Crippen molar-refractivity contribution in [3.63, 3.8) is 0 Å². The number of methoxy groups -OCH3 is 1. The van der Waals surface area contributed by atoms with Crippen LogP contribution in [0.15, 0.2) is 47.6 Å². The lowest BCUT2D eigenvalue weighted by Crippen LogP contribution is -2.33. The van der Waals surface area contributed by atoms with Crippen LogP contribution < -0.4 is 4.74 Å². The molecule has 1 aliphatic rings. The molecule has 0 saturated heterocycles. The number of benzene rings is 1. The summed E-state index contributed by atoms with van der Waals surface area (Å²) in [6.45, 7) is 9.25. The second kappa shape index (κ2) is 7.86. The fraction of sp³-hybridized carbons (Fsp3) is 0.545. The number of hydrogen-bond acceptors (Lipinski definition) is 1. The van der Waals surface area contributed by atoms with Gasteiger partial charge in [0.05, 0.1) is 7.11 Å². The topological polar surface area (TPSA) is 9.23 Å². The quantitative estimate of drug-likeness (QED) is 0.556. The van der Waals surface area contributed by atoms with Crippen LogP contribution in [0.25, 0.3) is 0 Å². The van der Waals surface area contributed by atoms with Gasteiger partial charge >= 0.3 is 0 Å². The van der Waals surface area contributed by atoms with Crippen molar-refractivity contribution in [2.24, 2.45) is 11.3 Å². The molecule has 0 aromatic heterocycles. The summed E-state index contributed by atoms with van der Waals surface area (Å²) < 4.78 is 5.59. The molecule has 0 aliphatic heterocycles. The third-order valence-electron chi connectivity index (χ3n) is 5.53. The molecular weight excluding hydrogens is 280 g/mol. The van der Waals surface area contributed by atoms with Gasteiger partial charge in [-0.1, -0.05) is 55.3 Å². The van der Waals surface area contributed by atoms with E-state index in [4.69, 9.17) is 4.74 Å². The van der Waals surface area contributed by atoms with E-state index in [1.54, 1.807) is 12.7 Å². The molecular formula is C22H32O. The van der Waals surface area contributed by atoms with Crippen LogP contribution in [0.4, 0.5) is 0 Å². The van der Waals surface area contributed by atoms with Gasteiger partial charge in [-0.3, -0.25) is 0 Å². The number of ether oxygens (including phenoxy) is 1. The van der Waals surface area contributed by atoms with E-state index in [1.807, 2.05) is 0 Å². The Labute approximate surface area is 142 Å². The van der Waals surface area contributed by atoms with Gasteiger partial charge in [0.1, 0.15) is 5.75 Å². The summed E-state index contributed by atoms with van der Waals surface area (Å²) in [6.07, 6.45) is 10.8. The average Bonchev–Trinajstić information content (AvgIpc) is 2.52. The van der Waals surface area contributed by atoms with Crippen LogP contribution in [0, 0.1) is 11.3 Å². The Bertz CT molecular complexity index is 577. The molecule has 126 valence electrons. The van der Waals surface area contributed by atoms with Crippen molar-refractivity contribution in [2.75, 3.05) is 7.11 Å². The average molecular weight is 312 g/mol. The van der Waals surface area contributed by atoms with E-state index in [9.17, 15) is 0 Å². The van der Waals surface area contributed by atoms with Crippen LogP contribution in [-0.4, -0.2) is 7.11 Å². The first-order valence-electron chi connectivity index (χ1n) is 8.92. The molecule has 23 heavy (non-hydrogen) atoms. The summed E-state index contributed by atoms with van der Waals surface area (Å²) >= 11 is 0. The highest BCUT2D eigenvalue weighted by Gasteiger charge is 2.37. The first kappa shape index (κ1) is 17.8. The van der Waals surface area contributed by atoms with E-state index in [1.165, 1.54) is 30.4 Å². The number of rotatable bonds is 6. The third-order valence-corrected chi connectivity index (χ3v) is 5.53. The minimum Gasteiger partial charge on any atom is -0.496 e. The van der Waals surface area contributed by atoms with Crippen LogP contribution in [-0.2, 0) is 6.42 Å². The Morgan fingerprint density at radius 1 is 1.30 bits per heavy atom. The normalized spacial score (nSPS) is 24.0.